The lowest BCUT2D eigenvalue weighted by atomic mass is 10.3. The van der Waals surface area contributed by atoms with Gasteiger partial charge in [-0.3, -0.25) is 4.72 Å². The third-order valence-electron chi connectivity index (χ3n) is 2.86. The molecule has 6 nitrogen and oxygen atoms in total. The van der Waals surface area contributed by atoms with Crippen LogP contribution in [0, 0.1) is 11.6 Å². The van der Waals surface area contributed by atoms with Crippen LogP contribution in [0.2, 0.25) is 0 Å². The lowest BCUT2D eigenvalue weighted by Crippen LogP contribution is -2.12. The van der Waals surface area contributed by atoms with E-state index in [9.17, 15) is 22.0 Å². The number of aryl methyl sites for hydroxylation is 1. The number of carbonyl (C=O) groups excluding carboxylic acids is 1. The zero-order valence-electron chi connectivity index (χ0n) is 11.6. The number of nitrogens with one attached hydrogen (secondary N) is 1. The fourth-order valence-electron chi connectivity index (χ4n) is 1.76. The number of aromatic nitrogens is 1. The number of anilines is 1. The molecule has 0 aliphatic carbocycles. The highest BCUT2D eigenvalue weighted by Crippen LogP contribution is 2.20. The van der Waals surface area contributed by atoms with Crippen molar-refractivity contribution in [3.63, 3.8) is 0 Å². The number of benzene rings is 1. The molecule has 0 amide bonds. The minimum atomic E-state index is -4.05. The van der Waals surface area contributed by atoms with Gasteiger partial charge in [-0.2, -0.15) is 0 Å². The van der Waals surface area contributed by atoms with Gasteiger partial charge >= 0.3 is 5.97 Å². The van der Waals surface area contributed by atoms with Gasteiger partial charge in [-0.05, 0) is 18.2 Å². The highest BCUT2D eigenvalue weighted by molar-refractivity contribution is 7.92. The largest absolute Gasteiger partial charge is 0.464 e. The Bertz CT molecular complexity index is 831. The molecule has 2 aromatic rings. The van der Waals surface area contributed by atoms with Gasteiger partial charge in [0.25, 0.3) is 10.0 Å². The molecule has 0 saturated carbocycles. The second kappa shape index (κ2) is 5.76. The molecule has 0 saturated heterocycles. The number of hydrogen-bond donors (Lipinski definition) is 1. The van der Waals surface area contributed by atoms with E-state index in [0.29, 0.717) is 0 Å². The molecular formula is C13H12F2N2O4S. The molecule has 0 bridgehead atoms. The zero-order chi connectivity index (χ0) is 16.5. The van der Waals surface area contributed by atoms with Crippen LogP contribution in [0.1, 0.15) is 10.5 Å². The minimum Gasteiger partial charge on any atom is -0.464 e. The van der Waals surface area contributed by atoms with Crippen molar-refractivity contribution < 1.29 is 26.7 Å². The van der Waals surface area contributed by atoms with Gasteiger partial charge in [0.05, 0.1) is 12.8 Å². The van der Waals surface area contributed by atoms with E-state index in [-0.39, 0.29) is 16.3 Å². The summed E-state index contributed by atoms with van der Waals surface area (Å²) in [5, 5.41) is 0. The summed E-state index contributed by atoms with van der Waals surface area (Å²) in [7, 11) is -1.41. The van der Waals surface area contributed by atoms with Gasteiger partial charge in [0.1, 0.15) is 10.6 Å². The van der Waals surface area contributed by atoms with Crippen molar-refractivity contribution in [2.75, 3.05) is 11.8 Å². The molecule has 9 heteroatoms. The zero-order valence-corrected chi connectivity index (χ0v) is 12.4. The summed E-state index contributed by atoms with van der Waals surface area (Å²) in [5.74, 6) is -2.96. The Morgan fingerprint density at radius 2 is 1.91 bits per heavy atom. The van der Waals surface area contributed by atoms with Gasteiger partial charge in [0, 0.05) is 19.3 Å². The van der Waals surface area contributed by atoms with Gasteiger partial charge in [-0.1, -0.05) is 0 Å². The average molecular weight is 330 g/mol. The topological polar surface area (TPSA) is 77.4 Å². The number of nitrogens with zero attached hydrogens (tertiary/aromatic N) is 1. The normalized spacial score (nSPS) is 11.3. The highest BCUT2D eigenvalue weighted by atomic mass is 32.2. The molecular weight excluding hydrogens is 318 g/mol. The third-order valence-corrected chi connectivity index (χ3v) is 4.20. The third kappa shape index (κ3) is 3.08. The molecule has 0 fully saturated rings. The van der Waals surface area contributed by atoms with E-state index in [0.717, 1.165) is 24.3 Å². The molecule has 1 aromatic carbocycles. The number of carbonyl (C=O) groups is 1. The van der Waals surface area contributed by atoms with E-state index in [4.69, 9.17) is 0 Å². The summed E-state index contributed by atoms with van der Waals surface area (Å²) in [5.41, 5.74) is -0.101. The molecule has 1 aromatic heterocycles. The number of esters is 1. The highest BCUT2D eigenvalue weighted by Gasteiger charge is 2.21. The summed E-state index contributed by atoms with van der Waals surface area (Å²) in [6, 6.07) is 3.73. The molecule has 118 valence electrons. The maximum atomic E-state index is 13.1. The fraction of sp³-hybridized carbons (Fsp3) is 0.154. The van der Waals surface area contributed by atoms with Crippen LogP contribution >= 0.6 is 0 Å². The van der Waals surface area contributed by atoms with Crippen molar-refractivity contribution in [2.24, 2.45) is 7.05 Å². The molecule has 22 heavy (non-hydrogen) atoms. The smallest absolute Gasteiger partial charge is 0.354 e. The maximum absolute atomic E-state index is 13.1. The van der Waals surface area contributed by atoms with Crippen LogP contribution in [0.3, 0.4) is 0 Å². The van der Waals surface area contributed by atoms with Crippen LogP contribution in [0.5, 0.6) is 0 Å². The van der Waals surface area contributed by atoms with Crippen LogP contribution in [0.4, 0.5) is 14.5 Å². The van der Waals surface area contributed by atoms with Gasteiger partial charge in [0.15, 0.2) is 11.6 Å². The lowest BCUT2D eigenvalue weighted by molar-refractivity contribution is 0.0590. The van der Waals surface area contributed by atoms with E-state index >= 15 is 0 Å². The Morgan fingerprint density at radius 1 is 1.23 bits per heavy atom. The number of ether oxygens (including phenoxy) is 1. The van der Waals surface area contributed by atoms with Crippen molar-refractivity contribution >= 4 is 21.7 Å². The molecule has 0 atom stereocenters. The molecule has 0 radical (unpaired) electrons. The molecule has 0 aliphatic heterocycles. The van der Waals surface area contributed by atoms with E-state index in [1.165, 1.54) is 24.9 Å². The Labute approximate surface area is 125 Å². The predicted octanol–water partition coefficient (Wildman–Crippen LogP) is 1.89. The quantitative estimate of drug-likeness (QED) is 0.869. The number of methoxy groups -OCH3 is 1. The number of sulfonamides is 1. The first-order valence-electron chi connectivity index (χ1n) is 5.97. The Hall–Kier alpha value is -2.42. The van der Waals surface area contributed by atoms with E-state index in [1.807, 2.05) is 0 Å². The first kappa shape index (κ1) is 16.0. The number of rotatable bonds is 4. The van der Waals surface area contributed by atoms with Gasteiger partial charge < -0.3 is 9.30 Å². The van der Waals surface area contributed by atoms with E-state index < -0.39 is 27.6 Å². The van der Waals surface area contributed by atoms with Crippen molar-refractivity contribution in [3.05, 3.63) is 47.8 Å². The second-order valence-electron chi connectivity index (χ2n) is 4.40. The fourth-order valence-corrected chi connectivity index (χ4v) is 2.88. The number of hydrogen-bond acceptors (Lipinski definition) is 4. The summed E-state index contributed by atoms with van der Waals surface area (Å²) in [6.45, 7) is 0. The van der Waals surface area contributed by atoms with Crippen LogP contribution in [-0.2, 0) is 21.8 Å². The summed E-state index contributed by atoms with van der Waals surface area (Å²) in [6.07, 6.45) is 1.20. The standard InChI is InChI=1S/C13H12F2N2O4S/c1-17-7-9(6-12(17)13(18)21-2)22(19,20)16-8-3-4-10(14)11(15)5-8/h3-7,16H,1-2H3. The van der Waals surface area contributed by atoms with Gasteiger partial charge in [-0.15, -0.1) is 0 Å². The maximum Gasteiger partial charge on any atom is 0.354 e. The Balaban J connectivity index is 2.34. The first-order chi connectivity index (χ1) is 10.2. The first-order valence-corrected chi connectivity index (χ1v) is 7.45. The molecule has 0 aliphatic rings. The van der Waals surface area contributed by atoms with Crippen LogP contribution < -0.4 is 4.72 Å². The molecule has 2 rings (SSSR count). The van der Waals surface area contributed by atoms with Crippen molar-refractivity contribution in [1.82, 2.24) is 4.57 Å². The van der Waals surface area contributed by atoms with Crippen molar-refractivity contribution in [1.29, 1.82) is 0 Å². The van der Waals surface area contributed by atoms with Crippen LogP contribution in [0.25, 0.3) is 0 Å². The predicted molar refractivity (Wildman–Crippen MR) is 73.9 cm³/mol. The van der Waals surface area contributed by atoms with Crippen LogP contribution in [-0.4, -0.2) is 26.1 Å². The van der Waals surface area contributed by atoms with E-state index in [1.54, 1.807) is 0 Å². The second-order valence-corrected chi connectivity index (χ2v) is 6.08. The van der Waals surface area contributed by atoms with Crippen molar-refractivity contribution in [3.8, 4) is 0 Å². The Kier molecular flexibility index (Phi) is 4.18. The average Bonchev–Trinajstić information content (AvgIpc) is 2.85. The summed E-state index contributed by atoms with van der Waals surface area (Å²) in [4.78, 5) is 11.3. The summed E-state index contributed by atoms with van der Waals surface area (Å²) < 4.78 is 58.2. The van der Waals surface area contributed by atoms with Crippen molar-refractivity contribution in [2.45, 2.75) is 4.90 Å². The Morgan fingerprint density at radius 3 is 2.50 bits per heavy atom. The molecule has 0 spiro atoms. The van der Waals surface area contributed by atoms with Crippen LogP contribution in [0.15, 0.2) is 35.4 Å². The minimum absolute atomic E-state index is 0.0353. The van der Waals surface area contributed by atoms with Gasteiger partial charge in [0.2, 0.25) is 0 Å². The lowest BCUT2D eigenvalue weighted by Gasteiger charge is -2.06. The number of halogens is 2. The monoisotopic (exact) mass is 330 g/mol. The SMILES string of the molecule is COC(=O)c1cc(S(=O)(=O)Nc2ccc(F)c(F)c2)cn1C. The molecule has 1 heterocycles. The molecule has 0 unspecified atom stereocenters. The van der Waals surface area contributed by atoms with E-state index in [2.05, 4.69) is 9.46 Å². The molecule has 1 N–H and O–H groups in total. The summed E-state index contributed by atoms with van der Waals surface area (Å²) >= 11 is 0. The van der Waals surface area contributed by atoms with Gasteiger partial charge in [-0.25, -0.2) is 22.0 Å².